The molecule has 3 saturated carbocycles. The molecule has 2 bridgehead atoms. The predicted molar refractivity (Wildman–Crippen MR) is 94.6 cm³/mol. The van der Waals surface area contributed by atoms with Gasteiger partial charge in [0.1, 0.15) is 18.6 Å². The molecule has 3 fully saturated rings. The van der Waals surface area contributed by atoms with Gasteiger partial charge in [-0.2, -0.15) is 0 Å². The van der Waals surface area contributed by atoms with Crippen LogP contribution in [-0.2, 0) is 4.79 Å². The summed E-state index contributed by atoms with van der Waals surface area (Å²) >= 11 is 11.8. The molecule has 0 saturated heterocycles. The zero-order valence-electron chi connectivity index (χ0n) is 13.8. The second-order valence-corrected chi connectivity index (χ2v) is 8.07. The van der Waals surface area contributed by atoms with Gasteiger partial charge < -0.3 is 14.6 Å². The maximum absolute atomic E-state index is 12.2. The van der Waals surface area contributed by atoms with E-state index in [1.54, 1.807) is 18.2 Å². The molecule has 1 heterocycles. The van der Waals surface area contributed by atoms with Crippen LogP contribution in [0.15, 0.2) is 35.2 Å². The standard InChI is InChI=1S/C18H16Cl2N2O4/c19-14-2-1-13(3-15(14)20)25-7-12(23)4-17-8-18(9-17,10-17)22-16(24)11-5-21-26-6-11/h1-3,5-6H,4,7-10H2,(H,22,24). The summed E-state index contributed by atoms with van der Waals surface area (Å²) in [5.41, 5.74) is 0.231. The number of hydrogen-bond acceptors (Lipinski definition) is 5. The van der Waals surface area contributed by atoms with Gasteiger partial charge in [0.25, 0.3) is 5.91 Å². The molecule has 1 amide bonds. The third-order valence-electron chi connectivity index (χ3n) is 5.08. The lowest BCUT2D eigenvalue weighted by atomic mass is 9.38. The van der Waals surface area contributed by atoms with Gasteiger partial charge in [-0.15, -0.1) is 0 Å². The summed E-state index contributed by atoms with van der Waals surface area (Å²) in [5.74, 6) is 0.367. The van der Waals surface area contributed by atoms with Crippen molar-refractivity contribution >= 4 is 34.9 Å². The number of nitrogens with zero attached hydrogens (tertiary/aromatic N) is 1. The maximum Gasteiger partial charge on any atom is 0.256 e. The molecule has 3 aliphatic rings. The first-order chi connectivity index (χ1) is 12.4. The van der Waals surface area contributed by atoms with E-state index >= 15 is 0 Å². The van der Waals surface area contributed by atoms with Gasteiger partial charge in [-0.1, -0.05) is 28.4 Å². The molecule has 1 N–H and O–H groups in total. The number of ether oxygens (including phenoxy) is 1. The normalized spacial score (nSPS) is 25.8. The minimum atomic E-state index is -0.186. The molecular formula is C18H16Cl2N2O4. The number of benzene rings is 1. The third kappa shape index (κ3) is 3.19. The van der Waals surface area contributed by atoms with Crippen LogP contribution < -0.4 is 10.1 Å². The Morgan fingerprint density at radius 1 is 1.23 bits per heavy atom. The van der Waals surface area contributed by atoms with E-state index < -0.39 is 0 Å². The van der Waals surface area contributed by atoms with Crippen molar-refractivity contribution in [3.63, 3.8) is 0 Å². The number of carbonyl (C=O) groups excluding carboxylic acids is 2. The van der Waals surface area contributed by atoms with Crippen LogP contribution in [0.4, 0.5) is 0 Å². The molecular weight excluding hydrogens is 379 g/mol. The highest BCUT2D eigenvalue weighted by Gasteiger charge is 2.68. The Kier molecular flexibility index (Phi) is 4.20. The summed E-state index contributed by atoms with van der Waals surface area (Å²) in [4.78, 5) is 24.3. The fourth-order valence-corrected chi connectivity index (χ4v) is 4.44. The largest absolute Gasteiger partial charge is 0.486 e. The highest BCUT2D eigenvalue weighted by molar-refractivity contribution is 6.42. The van der Waals surface area contributed by atoms with Gasteiger partial charge in [0, 0.05) is 18.0 Å². The number of Topliss-reactive ketones (excluding diaryl/α,β-unsaturated/α-hetero) is 1. The molecule has 2 aromatic rings. The van der Waals surface area contributed by atoms with Crippen LogP contribution in [0.25, 0.3) is 0 Å². The van der Waals surface area contributed by atoms with Crippen LogP contribution in [-0.4, -0.2) is 29.0 Å². The number of carbonyl (C=O) groups is 2. The van der Waals surface area contributed by atoms with Crippen molar-refractivity contribution in [2.75, 3.05) is 6.61 Å². The van der Waals surface area contributed by atoms with Crippen LogP contribution in [0.1, 0.15) is 36.0 Å². The molecule has 1 aromatic carbocycles. The second kappa shape index (κ2) is 6.28. The first-order valence-electron chi connectivity index (χ1n) is 8.20. The zero-order chi connectivity index (χ0) is 18.4. The lowest BCUT2D eigenvalue weighted by Gasteiger charge is -2.70. The van der Waals surface area contributed by atoms with E-state index in [4.69, 9.17) is 27.9 Å². The van der Waals surface area contributed by atoms with E-state index in [1.807, 2.05) is 0 Å². The first kappa shape index (κ1) is 17.4. The number of hydrogen-bond donors (Lipinski definition) is 1. The lowest BCUT2D eigenvalue weighted by Crippen LogP contribution is -2.75. The molecule has 3 aliphatic carbocycles. The Hall–Kier alpha value is -2.05. The zero-order valence-corrected chi connectivity index (χ0v) is 15.3. The summed E-state index contributed by atoms with van der Waals surface area (Å²) in [7, 11) is 0. The number of nitrogens with one attached hydrogen (secondary N) is 1. The second-order valence-electron chi connectivity index (χ2n) is 7.26. The van der Waals surface area contributed by atoms with Crippen molar-refractivity contribution in [2.45, 2.75) is 31.2 Å². The van der Waals surface area contributed by atoms with E-state index in [-0.39, 0.29) is 29.3 Å². The Morgan fingerprint density at radius 2 is 2.00 bits per heavy atom. The maximum atomic E-state index is 12.2. The smallest absolute Gasteiger partial charge is 0.256 e. The van der Waals surface area contributed by atoms with Crippen molar-refractivity contribution < 1.29 is 18.8 Å². The minimum absolute atomic E-state index is 0.0000105. The Labute approximate surface area is 159 Å². The summed E-state index contributed by atoms with van der Waals surface area (Å²) in [6.45, 7) is -0.000239. The van der Waals surface area contributed by atoms with Crippen molar-refractivity contribution in [1.82, 2.24) is 10.5 Å². The molecule has 6 nitrogen and oxygen atoms in total. The van der Waals surface area contributed by atoms with Gasteiger partial charge in [-0.3, -0.25) is 9.59 Å². The first-order valence-corrected chi connectivity index (χ1v) is 8.96. The number of halogens is 2. The Morgan fingerprint density at radius 3 is 2.65 bits per heavy atom. The van der Waals surface area contributed by atoms with Crippen molar-refractivity contribution in [1.29, 1.82) is 0 Å². The predicted octanol–water partition coefficient (Wildman–Crippen LogP) is 3.67. The molecule has 26 heavy (non-hydrogen) atoms. The summed E-state index contributed by atoms with van der Waals surface area (Å²) in [6.07, 6.45) is 5.61. The monoisotopic (exact) mass is 394 g/mol. The number of rotatable bonds is 7. The number of aromatic nitrogens is 1. The van der Waals surface area contributed by atoms with Gasteiger partial charge in [-0.05, 0) is 36.8 Å². The average Bonchev–Trinajstić information content (AvgIpc) is 3.07. The van der Waals surface area contributed by atoms with Crippen LogP contribution in [0.2, 0.25) is 10.0 Å². The minimum Gasteiger partial charge on any atom is -0.486 e. The van der Waals surface area contributed by atoms with E-state index in [2.05, 4.69) is 15.0 Å². The molecule has 0 aliphatic heterocycles. The van der Waals surface area contributed by atoms with Crippen LogP contribution in [0.5, 0.6) is 5.75 Å². The van der Waals surface area contributed by atoms with E-state index in [0.29, 0.717) is 27.8 Å². The Bertz CT molecular complexity index is 846. The van der Waals surface area contributed by atoms with E-state index in [1.165, 1.54) is 12.5 Å². The van der Waals surface area contributed by atoms with E-state index in [9.17, 15) is 9.59 Å². The van der Waals surface area contributed by atoms with Crippen LogP contribution in [0, 0.1) is 5.41 Å². The Balaban J connectivity index is 1.23. The molecule has 8 heteroatoms. The van der Waals surface area contributed by atoms with Crippen LogP contribution in [0.3, 0.4) is 0 Å². The van der Waals surface area contributed by atoms with Gasteiger partial charge >= 0.3 is 0 Å². The van der Waals surface area contributed by atoms with Gasteiger partial charge in [-0.25, -0.2) is 0 Å². The van der Waals surface area contributed by atoms with Crippen molar-refractivity contribution in [3.05, 3.63) is 46.3 Å². The van der Waals surface area contributed by atoms with Gasteiger partial charge in [0.15, 0.2) is 5.78 Å². The third-order valence-corrected chi connectivity index (χ3v) is 5.82. The highest BCUT2D eigenvalue weighted by atomic mass is 35.5. The van der Waals surface area contributed by atoms with E-state index in [0.717, 1.165) is 19.3 Å². The number of ketones is 1. The SMILES string of the molecule is O=C(COc1ccc(Cl)c(Cl)c1)CC12CC(NC(=O)c3cnoc3)(C1)C2. The number of amides is 1. The van der Waals surface area contributed by atoms with Gasteiger partial charge in [0.2, 0.25) is 0 Å². The topological polar surface area (TPSA) is 81.4 Å². The summed E-state index contributed by atoms with van der Waals surface area (Å²) < 4.78 is 10.2. The summed E-state index contributed by atoms with van der Waals surface area (Å²) in [6, 6.07) is 4.90. The molecule has 5 rings (SSSR count). The molecule has 0 atom stereocenters. The summed E-state index contributed by atoms with van der Waals surface area (Å²) in [5, 5.41) is 7.38. The molecule has 0 unspecified atom stereocenters. The fraction of sp³-hybridized carbons (Fsp3) is 0.389. The lowest BCUT2D eigenvalue weighted by molar-refractivity contribution is -0.162. The van der Waals surface area contributed by atoms with Crippen LogP contribution >= 0.6 is 23.2 Å². The fourth-order valence-electron chi connectivity index (χ4n) is 4.15. The van der Waals surface area contributed by atoms with Crippen molar-refractivity contribution in [2.24, 2.45) is 5.41 Å². The molecule has 0 radical (unpaired) electrons. The highest BCUT2D eigenvalue weighted by Crippen LogP contribution is 2.69. The quantitative estimate of drug-likeness (QED) is 0.774. The van der Waals surface area contributed by atoms with Crippen molar-refractivity contribution in [3.8, 4) is 5.75 Å². The molecule has 1 aromatic heterocycles. The average molecular weight is 395 g/mol. The molecule has 0 spiro atoms. The molecule has 136 valence electrons. The van der Waals surface area contributed by atoms with Gasteiger partial charge in [0.05, 0.1) is 21.8 Å².